The van der Waals surface area contributed by atoms with Crippen LogP contribution in [0.3, 0.4) is 0 Å². The lowest BCUT2D eigenvalue weighted by atomic mass is 10.2. The minimum Gasteiger partial charge on any atom is -0.255 e. The number of rotatable bonds is 2. The molecule has 0 aromatic heterocycles. The highest BCUT2D eigenvalue weighted by atomic mass is 35.5. The van der Waals surface area contributed by atoms with Crippen molar-refractivity contribution in [3.8, 4) is 0 Å². The smallest absolute Gasteiger partial charge is 0.0409 e. The Morgan fingerprint density at radius 3 is 2.64 bits per heavy atom. The summed E-state index contributed by atoms with van der Waals surface area (Å²) in [6.07, 6.45) is 4.55. The van der Waals surface area contributed by atoms with Crippen LogP contribution in [0.15, 0.2) is 24.3 Å². The molecule has 2 heteroatoms. The monoisotopic (exact) mass is 188 g/mol. The molecule has 0 aliphatic carbocycles. The summed E-state index contributed by atoms with van der Waals surface area (Å²) < 4.78 is 0. The fourth-order valence-electron chi connectivity index (χ4n) is 1.00. The molecule has 0 saturated heterocycles. The standard InChI is InChI=1S/C9H13ClS/c1-11(2)7-8-4-3-5-9(10)6-8/h3-6,11H,7H2,1-2H3. The third-order valence-electron chi connectivity index (χ3n) is 1.39. The summed E-state index contributed by atoms with van der Waals surface area (Å²) >= 11 is 5.84. The topological polar surface area (TPSA) is 0 Å². The molecule has 0 aliphatic rings. The molecule has 0 nitrogen and oxygen atoms in total. The summed E-state index contributed by atoms with van der Waals surface area (Å²) in [6.45, 7) is 0. The van der Waals surface area contributed by atoms with Crippen LogP contribution in [-0.4, -0.2) is 12.5 Å². The van der Waals surface area contributed by atoms with Crippen molar-refractivity contribution in [2.75, 3.05) is 12.5 Å². The van der Waals surface area contributed by atoms with Gasteiger partial charge in [-0.1, -0.05) is 23.7 Å². The van der Waals surface area contributed by atoms with Gasteiger partial charge in [0.05, 0.1) is 0 Å². The zero-order valence-electron chi connectivity index (χ0n) is 6.84. The predicted octanol–water partition coefficient (Wildman–Crippen LogP) is 3.10. The van der Waals surface area contributed by atoms with Crippen molar-refractivity contribution in [3.05, 3.63) is 34.9 Å². The fourth-order valence-corrected chi connectivity index (χ4v) is 2.14. The van der Waals surface area contributed by atoms with Crippen LogP contribution >= 0.6 is 22.5 Å². The van der Waals surface area contributed by atoms with Gasteiger partial charge in [-0.3, -0.25) is 10.9 Å². The number of benzene rings is 1. The van der Waals surface area contributed by atoms with Crippen molar-refractivity contribution in [3.63, 3.8) is 0 Å². The van der Waals surface area contributed by atoms with Gasteiger partial charge < -0.3 is 0 Å². The van der Waals surface area contributed by atoms with E-state index in [0.29, 0.717) is 0 Å². The molecule has 0 spiro atoms. The highest BCUT2D eigenvalue weighted by Gasteiger charge is 1.94. The number of halogens is 1. The molecule has 0 heterocycles. The van der Waals surface area contributed by atoms with Gasteiger partial charge in [0.15, 0.2) is 0 Å². The van der Waals surface area contributed by atoms with E-state index in [0.717, 1.165) is 5.02 Å². The highest BCUT2D eigenvalue weighted by Crippen LogP contribution is 2.22. The van der Waals surface area contributed by atoms with Gasteiger partial charge in [0, 0.05) is 5.02 Å². The third kappa shape index (κ3) is 3.17. The van der Waals surface area contributed by atoms with Crippen molar-refractivity contribution < 1.29 is 0 Å². The number of hydrogen-bond acceptors (Lipinski definition) is 0. The van der Waals surface area contributed by atoms with E-state index in [4.69, 9.17) is 11.6 Å². The first kappa shape index (κ1) is 8.95. The first-order chi connectivity index (χ1) is 5.18. The molecule has 0 N–H and O–H groups in total. The second-order valence-electron chi connectivity index (χ2n) is 2.87. The Balaban J connectivity index is 2.71. The molecule has 11 heavy (non-hydrogen) atoms. The lowest BCUT2D eigenvalue weighted by Gasteiger charge is -2.08. The van der Waals surface area contributed by atoms with Crippen LogP contribution < -0.4 is 0 Å². The lowest BCUT2D eigenvalue weighted by molar-refractivity contribution is 1.41. The van der Waals surface area contributed by atoms with E-state index < -0.39 is 0 Å². The molecule has 0 aliphatic heterocycles. The first-order valence-corrected chi connectivity index (χ1v) is 6.37. The van der Waals surface area contributed by atoms with Crippen LogP contribution in [0.1, 0.15) is 5.56 Å². The molecule has 0 atom stereocenters. The van der Waals surface area contributed by atoms with Crippen LogP contribution in [0.4, 0.5) is 0 Å². The Morgan fingerprint density at radius 1 is 1.36 bits per heavy atom. The molecule has 0 bridgehead atoms. The Bertz CT molecular complexity index is 233. The van der Waals surface area contributed by atoms with E-state index in [1.165, 1.54) is 11.3 Å². The van der Waals surface area contributed by atoms with Crippen molar-refractivity contribution in [1.29, 1.82) is 0 Å². The first-order valence-electron chi connectivity index (χ1n) is 3.57. The molecular weight excluding hydrogens is 176 g/mol. The van der Waals surface area contributed by atoms with Gasteiger partial charge >= 0.3 is 0 Å². The van der Waals surface area contributed by atoms with Crippen LogP contribution in [0.2, 0.25) is 5.02 Å². The third-order valence-corrected chi connectivity index (χ3v) is 2.62. The average Bonchev–Trinajstić information content (AvgIpc) is 1.85. The minimum absolute atomic E-state index is 0.152. The van der Waals surface area contributed by atoms with Crippen LogP contribution in [0.5, 0.6) is 0 Å². The van der Waals surface area contributed by atoms with E-state index in [1.54, 1.807) is 0 Å². The normalized spacial score (nSPS) is 11.4. The molecule has 1 aromatic rings. The molecule has 1 aromatic carbocycles. The Morgan fingerprint density at radius 2 is 2.09 bits per heavy atom. The van der Waals surface area contributed by atoms with Crippen LogP contribution in [-0.2, 0) is 5.75 Å². The minimum atomic E-state index is 0.152. The second-order valence-corrected chi connectivity index (χ2v) is 5.78. The Kier molecular flexibility index (Phi) is 3.28. The quantitative estimate of drug-likeness (QED) is 0.678. The largest absolute Gasteiger partial charge is 0.255 e. The molecule has 0 amide bonds. The van der Waals surface area contributed by atoms with Gasteiger partial charge in [-0.25, -0.2) is 0 Å². The van der Waals surface area contributed by atoms with E-state index in [1.807, 2.05) is 18.2 Å². The van der Waals surface area contributed by atoms with Gasteiger partial charge in [0.1, 0.15) is 0 Å². The SMILES string of the molecule is C[SH](C)Cc1cccc(Cl)c1. The molecule has 1 rings (SSSR count). The van der Waals surface area contributed by atoms with E-state index in [9.17, 15) is 0 Å². The van der Waals surface area contributed by atoms with Gasteiger partial charge in [-0.2, -0.15) is 0 Å². The molecule has 0 radical (unpaired) electrons. The molecule has 0 fully saturated rings. The van der Waals surface area contributed by atoms with Gasteiger partial charge in [-0.05, 0) is 36.0 Å². The van der Waals surface area contributed by atoms with E-state index >= 15 is 0 Å². The fraction of sp³-hybridized carbons (Fsp3) is 0.333. The van der Waals surface area contributed by atoms with Crippen LogP contribution in [0, 0.1) is 0 Å². The Labute approximate surface area is 75.9 Å². The Hall–Kier alpha value is -0.140. The zero-order valence-corrected chi connectivity index (χ0v) is 8.49. The maximum atomic E-state index is 5.84. The lowest BCUT2D eigenvalue weighted by Crippen LogP contribution is -1.83. The summed E-state index contributed by atoms with van der Waals surface area (Å²) in [5, 5.41) is 0.847. The molecular formula is C9H13ClS. The molecule has 62 valence electrons. The van der Waals surface area contributed by atoms with Gasteiger partial charge in [-0.15, -0.1) is 0 Å². The number of hydrogen-bond donors (Lipinski definition) is 1. The summed E-state index contributed by atoms with van der Waals surface area (Å²) in [5.74, 6) is 1.18. The van der Waals surface area contributed by atoms with Crippen molar-refractivity contribution in [1.82, 2.24) is 0 Å². The van der Waals surface area contributed by atoms with Crippen molar-refractivity contribution in [2.45, 2.75) is 5.75 Å². The van der Waals surface area contributed by atoms with Gasteiger partial charge in [0.25, 0.3) is 0 Å². The summed E-state index contributed by atoms with van der Waals surface area (Å²) in [6, 6.07) is 8.10. The summed E-state index contributed by atoms with van der Waals surface area (Å²) in [5.41, 5.74) is 1.36. The summed E-state index contributed by atoms with van der Waals surface area (Å²) in [7, 11) is 0.152. The van der Waals surface area contributed by atoms with E-state index in [-0.39, 0.29) is 10.9 Å². The van der Waals surface area contributed by atoms with Gasteiger partial charge in [0.2, 0.25) is 0 Å². The number of thiol groups is 1. The zero-order chi connectivity index (χ0) is 8.27. The molecule has 0 saturated carbocycles. The maximum absolute atomic E-state index is 5.84. The maximum Gasteiger partial charge on any atom is 0.0409 e. The predicted molar refractivity (Wildman–Crippen MR) is 56.0 cm³/mol. The second kappa shape index (κ2) is 4.03. The summed E-state index contributed by atoms with van der Waals surface area (Å²) in [4.78, 5) is 0. The van der Waals surface area contributed by atoms with Crippen molar-refractivity contribution in [2.24, 2.45) is 0 Å². The average molecular weight is 189 g/mol. The van der Waals surface area contributed by atoms with Crippen LogP contribution in [0.25, 0.3) is 0 Å². The van der Waals surface area contributed by atoms with Crippen molar-refractivity contribution >= 4 is 22.5 Å². The highest BCUT2D eigenvalue weighted by molar-refractivity contribution is 8.15. The molecule has 0 unspecified atom stereocenters. The van der Waals surface area contributed by atoms with E-state index in [2.05, 4.69) is 18.6 Å².